The normalized spacial score (nSPS) is 19.5. The van der Waals surface area contributed by atoms with Crippen LogP contribution in [0, 0.1) is 11.8 Å². The average Bonchev–Trinajstić information content (AvgIpc) is 2.56. The molecule has 2 unspecified atom stereocenters. The van der Waals surface area contributed by atoms with Crippen molar-refractivity contribution >= 4 is 23.5 Å². The number of carboxylic acid groups (broad SMARTS) is 2. The summed E-state index contributed by atoms with van der Waals surface area (Å²) in [5.41, 5.74) is 1.11. The third-order valence-corrected chi connectivity index (χ3v) is 4.41. The third-order valence-electron chi connectivity index (χ3n) is 4.18. The summed E-state index contributed by atoms with van der Waals surface area (Å²) in [5, 5.41) is 15.5. The summed E-state index contributed by atoms with van der Waals surface area (Å²) in [5.74, 6) is -1.14. The van der Waals surface area contributed by atoms with Crippen LogP contribution in [0.5, 0.6) is 5.75 Å². The second kappa shape index (κ2) is 11.6. The molecule has 2 N–H and O–H groups in total. The number of nitrogens with zero attached hydrogens (tertiary/aromatic N) is 1. The second-order valence-corrected chi connectivity index (χ2v) is 7.35. The van der Waals surface area contributed by atoms with E-state index < -0.39 is 11.9 Å². The molecule has 0 bridgehead atoms. The number of halogens is 1. The Kier molecular flexibility index (Phi) is 9.89. The van der Waals surface area contributed by atoms with Crippen molar-refractivity contribution in [2.75, 3.05) is 26.2 Å². The number of piperidine rings is 1. The van der Waals surface area contributed by atoms with Crippen molar-refractivity contribution in [1.29, 1.82) is 0 Å². The van der Waals surface area contributed by atoms with Gasteiger partial charge >= 0.3 is 11.9 Å². The van der Waals surface area contributed by atoms with E-state index in [1.54, 1.807) is 0 Å². The SMILES string of the molecule is C=CCc1cc(Cl)ccc1OCCN1CC(C)CC(C)C1.O=C(O)C(=O)O. The van der Waals surface area contributed by atoms with Crippen molar-refractivity contribution in [2.45, 2.75) is 26.7 Å². The van der Waals surface area contributed by atoms with E-state index in [1.165, 1.54) is 19.5 Å². The number of benzene rings is 1. The Bertz CT molecular complexity index is 627. The van der Waals surface area contributed by atoms with Gasteiger partial charge in [0.2, 0.25) is 0 Å². The highest BCUT2D eigenvalue weighted by Crippen LogP contribution is 2.24. The highest BCUT2D eigenvalue weighted by Gasteiger charge is 2.21. The van der Waals surface area contributed by atoms with Gasteiger partial charge in [0.05, 0.1) is 0 Å². The van der Waals surface area contributed by atoms with E-state index in [1.807, 2.05) is 24.3 Å². The Morgan fingerprint density at radius 1 is 1.26 bits per heavy atom. The number of hydrogen-bond acceptors (Lipinski definition) is 4. The lowest BCUT2D eigenvalue weighted by Gasteiger charge is -2.34. The summed E-state index contributed by atoms with van der Waals surface area (Å²) < 4.78 is 5.97. The van der Waals surface area contributed by atoms with Gasteiger partial charge in [0.15, 0.2) is 0 Å². The first-order valence-electron chi connectivity index (χ1n) is 8.93. The van der Waals surface area contributed by atoms with Crippen LogP contribution in [-0.2, 0) is 16.0 Å². The molecular weight excluding hydrogens is 370 g/mol. The van der Waals surface area contributed by atoms with Gasteiger partial charge in [0.1, 0.15) is 12.4 Å². The van der Waals surface area contributed by atoms with Crippen LogP contribution >= 0.6 is 11.6 Å². The fourth-order valence-electron chi connectivity index (χ4n) is 3.26. The Labute approximate surface area is 165 Å². The van der Waals surface area contributed by atoms with Crippen molar-refractivity contribution in [3.05, 3.63) is 41.4 Å². The first kappa shape index (κ1) is 23.0. The fourth-order valence-corrected chi connectivity index (χ4v) is 3.46. The van der Waals surface area contributed by atoms with Gasteiger partial charge in [-0.2, -0.15) is 0 Å². The highest BCUT2D eigenvalue weighted by atomic mass is 35.5. The van der Waals surface area contributed by atoms with Crippen LogP contribution in [-0.4, -0.2) is 53.3 Å². The number of likely N-dealkylation sites (tertiary alicyclic amines) is 1. The molecular formula is C20H28ClNO5. The predicted octanol–water partition coefficient (Wildman–Crippen LogP) is 3.58. The minimum atomic E-state index is -1.82. The fraction of sp³-hybridized carbons (Fsp3) is 0.500. The Balaban J connectivity index is 0.000000527. The van der Waals surface area contributed by atoms with E-state index in [4.69, 9.17) is 36.1 Å². The smallest absolute Gasteiger partial charge is 0.414 e. The zero-order valence-electron chi connectivity index (χ0n) is 15.9. The lowest BCUT2D eigenvalue weighted by molar-refractivity contribution is -0.159. The van der Waals surface area contributed by atoms with Crippen LogP contribution in [0.4, 0.5) is 0 Å². The van der Waals surface area contributed by atoms with Crippen LogP contribution in [0.25, 0.3) is 0 Å². The molecule has 0 aromatic heterocycles. The molecule has 6 nitrogen and oxygen atoms in total. The number of hydrogen-bond donors (Lipinski definition) is 2. The molecule has 2 atom stereocenters. The molecule has 0 saturated carbocycles. The molecule has 1 saturated heterocycles. The molecule has 1 fully saturated rings. The zero-order chi connectivity index (χ0) is 20.4. The van der Waals surface area contributed by atoms with E-state index in [9.17, 15) is 0 Å². The lowest BCUT2D eigenvalue weighted by Crippen LogP contribution is -2.40. The van der Waals surface area contributed by atoms with Crippen molar-refractivity contribution in [2.24, 2.45) is 11.8 Å². The second-order valence-electron chi connectivity index (χ2n) is 6.91. The first-order valence-corrected chi connectivity index (χ1v) is 9.31. The summed E-state index contributed by atoms with van der Waals surface area (Å²) >= 11 is 6.04. The Morgan fingerprint density at radius 2 is 1.85 bits per heavy atom. The van der Waals surface area contributed by atoms with Crippen molar-refractivity contribution < 1.29 is 24.5 Å². The van der Waals surface area contributed by atoms with Crippen LogP contribution in [0.15, 0.2) is 30.9 Å². The minimum Gasteiger partial charge on any atom is -0.492 e. The quantitative estimate of drug-likeness (QED) is 0.563. The van der Waals surface area contributed by atoms with E-state index >= 15 is 0 Å². The summed E-state index contributed by atoms with van der Waals surface area (Å²) in [6.45, 7) is 12.6. The van der Waals surface area contributed by atoms with Gasteiger partial charge in [-0.05, 0) is 48.4 Å². The molecule has 1 aromatic rings. The molecule has 0 amide bonds. The summed E-state index contributed by atoms with van der Waals surface area (Å²) in [6.07, 6.45) is 4.01. The monoisotopic (exact) mass is 397 g/mol. The third kappa shape index (κ3) is 8.93. The predicted molar refractivity (Wildman–Crippen MR) is 106 cm³/mol. The van der Waals surface area contributed by atoms with Crippen LogP contribution in [0.3, 0.4) is 0 Å². The van der Waals surface area contributed by atoms with Gasteiger partial charge in [-0.1, -0.05) is 31.5 Å². The number of carbonyl (C=O) groups is 2. The maximum Gasteiger partial charge on any atom is 0.414 e. The molecule has 1 aliphatic rings. The molecule has 0 spiro atoms. The average molecular weight is 398 g/mol. The van der Waals surface area contributed by atoms with E-state index in [2.05, 4.69) is 25.3 Å². The summed E-state index contributed by atoms with van der Waals surface area (Å²) in [7, 11) is 0. The maximum atomic E-state index is 9.10. The molecule has 150 valence electrons. The van der Waals surface area contributed by atoms with E-state index in [0.717, 1.165) is 47.7 Å². The van der Waals surface area contributed by atoms with E-state index in [-0.39, 0.29) is 0 Å². The zero-order valence-corrected chi connectivity index (χ0v) is 16.6. The van der Waals surface area contributed by atoms with Gasteiger partial charge < -0.3 is 14.9 Å². The Morgan fingerprint density at radius 3 is 2.37 bits per heavy atom. The number of rotatable bonds is 6. The van der Waals surface area contributed by atoms with Crippen molar-refractivity contribution in [3.63, 3.8) is 0 Å². The van der Waals surface area contributed by atoms with Crippen LogP contribution < -0.4 is 4.74 Å². The molecule has 1 aliphatic heterocycles. The molecule has 0 aliphatic carbocycles. The lowest BCUT2D eigenvalue weighted by atomic mass is 9.92. The van der Waals surface area contributed by atoms with Gasteiger partial charge in [0, 0.05) is 24.7 Å². The van der Waals surface area contributed by atoms with Gasteiger partial charge in [-0.25, -0.2) is 9.59 Å². The molecule has 1 aromatic carbocycles. The first-order chi connectivity index (χ1) is 12.7. The molecule has 27 heavy (non-hydrogen) atoms. The number of aliphatic carboxylic acids is 2. The van der Waals surface area contributed by atoms with Gasteiger partial charge in [-0.15, -0.1) is 6.58 Å². The van der Waals surface area contributed by atoms with Crippen molar-refractivity contribution in [3.8, 4) is 5.75 Å². The summed E-state index contributed by atoms with van der Waals surface area (Å²) in [4.78, 5) is 20.7. The number of ether oxygens (including phenoxy) is 1. The minimum absolute atomic E-state index is 0.727. The number of carboxylic acids is 2. The van der Waals surface area contributed by atoms with Gasteiger partial charge in [0.25, 0.3) is 0 Å². The molecule has 7 heteroatoms. The molecule has 0 radical (unpaired) electrons. The highest BCUT2D eigenvalue weighted by molar-refractivity contribution is 6.30. The summed E-state index contributed by atoms with van der Waals surface area (Å²) in [6, 6.07) is 5.81. The largest absolute Gasteiger partial charge is 0.492 e. The standard InChI is InChI=1S/C18H26ClNO.C2H2O4/c1-4-5-16-11-17(19)6-7-18(16)21-9-8-20-12-14(2)10-15(3)13-20;3-1(4)2(5)6/h4,6-7,11,14-15H,1,5,8-10,12-13H2,2-3H3;(H,3,4)(H,5,6). The topological polar surface area (TPSA) is 87.1 Å². The Hall–Kier alpha value is -2.05. The van der Waals surface area contributed by atoms with E-state index in [0.29, 0.717) is 0 Å². The molecule has 1 heterocycles. The van der Waals surface area contributed by atoms with Crippen LogP contribution in [0.2, 0.25) is 5.02 Å². The van der Waals surface area contributed by atoms with Crippen LogP contribution in [0.1, 0.15) is 25.8 Å². The maximum absolute atomic E-state index is 9.10. The van der Waals surface area contributed by atoms with Gasteiger partial charge in [-0.3, -0.25) is 4.90 Å². The molecule has 2 rings (SSSR count). The number of allylic oxidation sites excluding steroid dienone is 1. The van der Waals surface area contributed by atoms with Crippen molar-refractivity contribution in [1.82, 2.24) is 4.90 Å².